The average molecular weight is 452 g/mol. The first kappa shape index (κ1) is 21.7. The van der Waals surface area contributed by atoms with Crippen LogP contribution in [-0.4, -0.2) is 22.9 Å². The van der Waals surface area contributed by atoms with Gasteiger partial charge in [0.25, 0.3) is 11.7 Å². The molecular formula is C25H22ClNO5. The number of benzene rings is 2. The van der Waals surface area contributed by atoms with E-state index in [1.807, 2.05) is 20.8 Å². The van der Waals surface area contributed by atoms with Crippen molar-refractivity contribution >= 4 is 34.7 Å². The summed E-state index contributed by atoms with van der Waals surface area (Å²) in [4.78, 5) is 27.4. The van der Waals surface area contributed by atoms with E-state index in [9.17, 15) is 14.7 Å². The third-order valence-electron chi connectivity index (χ3n) is 5.15. The Morgan fingerprint density at radius 2 is 1.91 bits per heavy atom. The molecule has 3 aromatic rings. The highest BCUT2D eigenvalue weighted by Gasteiger charge is 2.48. The van der Waals surface area contributed by atoms with Crippen molar-refractivity contribution in [2.45, 2.75) is 32.9 Å². The van der Waals surface area contributed by atoms with E-state index in [-0.39, 0.29) is 17.4 Å². The number of ether oxygens (including phenoxy) is 1. The molecule has 32 heavy (non-hydrogen) atoms. The molecule has 1 amide bonds. The lowest BCUT2D eigenvalue weighted by molar-refractivity contribution is -0.132. The molecule has 6 nitrogen and oxygen atoms in total. The van der Waals surface area contributed by atoms with Gasteiger partial charge in [0.15, 0.2) is 0 Å². The van der Waals surface area contributed by atoms with Crippen LogP contribution in [0.3, 0.4) is 0 Å². The number of carbonyl (C=O) groups is 2. The van der Waals surface area contributed by atoms with E-state index in [2.05, 4.69) is 0 Å². The summed E-state index contributed by atoms with van der Waals surface area (Å²) in [7, 11) is 0. The third kappa shape index (κ3) is 3.89. The molecule has 0 spiro atoms. The number of aryl methyl sites for hydroxylation is 1. The zero-order valence-corrected chi connectivity index (χ0v) is 18.6. The number of carbonyl (C=O) groups excluding carboxylic acids is 2. The monoisotopic (exact) mass is 451 g/mol. The van der Waals surface area contributed by atoms with Crippen LogP contribution in [0.25, 0.3) is 5.76 Å². The quantitative estimate of drug-likeness (QED) is 0.308. The summed E-state index contributed by atoms with van der Waals surface area (Å²) >= 11 is 6.12. The van der Waals surface area contributed by atoms with Crippen molar-refractivity contribution in [2.75, 3.05) is 4.90 Å². The van der Waals surface area contributed by atoms with Crippen LogP contribution in [0.2, 0.25) is 5.02 Å². The molecular weight excluding hydrogens is 430 g/mol. The Labute approximate surface area is 190 Å². The zero-order chi connectivity index (χ0) is 23.0. The maximum Gasteiger partial charge on any atom is 0.300 e. The maximum absolute atomic E-state index is 13.1. The summed E-state index contributed by atoms with van der Waals surface area (Å²) in [6.45, 7) is 5.70. The Kier molecular flexibility index (Phi) is 5.80. The molecule has 0 bridgehead atoms. The van der Waals surface area contributed by atoms with E-state index < -0.39 is 17.7 Å². The number of amides is 1. The van der Waals surface area contributed by atoms with Gasteiger partial charge in [0.2, 0.25) is 0 Å². The predicted octanol–water partition coefficient (Wildman–Crippen LogP) is 5.65. The van der Waals surface area contributed by atoms with Crippen LogP contribution in [0.15, 0.2) is 70.9 Å². The molecule has 1 atom stereocenters. The van der Waals surface area contributed by atoms with Crippen LogP contribution in [0, 0.1) is 6.92 Å². The Morgan fingerprint density at radius 3 is 2.53 bits per heavy atom. The smallest absolute Gasteiger partial charge is 0.300 e. The predicted molar refractivity (Wildman–Crippen MR) is 122 cm³/mol. The van der Waals surface area contributed by atoms with Crippen LogP contribution in [-0.2, 0) is 9.59 Å². The minimum Gasteiger partial charge on any atom is -0.507 e. The Bertz CT molecular complexity index is 1210. The number of rotatable bonds is 5. The summed E-state index contributed by atoms with van der Waals surface area (Å²) in [5.74, 6) is -0.829. The van der Waals surface area contributed by atoms with Crippen molar-refractivity contribution in [3.8, 4) is 5.75 Å². The number of halogens is 1. The van der Waals surface area contributed by atoms with Gasteiger partial charge < -0.3 is 14.3 Å². The van der Waals surface area contributed by atoms with E-state index in [0.717, 1.165) is 5.56 Å². The highest BCUT2D eigenvalue weighted by molar-refractivity contribution is 6.51. The lowest BCUT2D eigenvalue weighted by Gasteiger charge is -2.23. The van der Waals surface area contributed by atoms with Crippen molar-refractivity contribution in [3.05, 3.63) is 88.3 Å². The van der Waals surface area contributed by atoms with E-state index in [1.165, 1.54) is 11.2 Å². The van der Waals surface area contributed by atoms with Crippen molar-refractivity contribution in [2.24, 2.45) is 0 Å². The summed E-state index contributed by atoms with van der Waals surface area (Å²) in [6.07, 6.45) is 1.45. The molecule has 2 heterocycles. The number of furan rings is 1. The van der Waals surface area contributed by atoms with Gasteiger partial charge in [0.1, 0.15) is 23.3 Å². The summed E-state index contributed by atoms with van der Waals surface area (Å²) in [6, 6.07) is 14.1. The molecule has 1 aliphatic rings. The molecule has 1 aliphatic heterocycles. The van der Waals surface area contributed by atoms with Crippen molar-refractivity contribution < 1.29 is 23.8 Å². The van der Waals surface area contributed by atoms with E-state index in [1.54, 1.807) is 54.6 Å². The first-order chi connectivity index (χ1) is 15.3. The van der Waals surface area contributed by atoms with Crippen molar-refractivity contribution in [1.82, 2.24) is 0 Å². The third-order valence-corrected chi connectivity index (χ3v) is 5.39. The molecule has 1 unspecified atom stereocenters. The van der Waals surface area contributed by atoms with Gasteiger partial charge >= 0.3 is 0 Å². The lowest BCUT2D eigenvalue weighted by Crippen LogP contribution is -2.29. The van der Waals surface area contributed by atoms with Crippen molar-refractivity contribution in [3.63, 3.8) is 0 Å². The van der Waals surface area contributed by atoms with Crippen LogP contribution in [0.5, 0.6) is 5.75 Å². The molecule has 1 saturated heterocycles. The zero-order valence-electron chi connectivity index (χ0n) is 17.8. The normalized spacial score (nSPS) is 17.9. The van der Waals surface area contributed by atoms with Crippen LogP contribution >= 0.6 is 11.6 Å². The second-order valence-corrected chi connectivity index (χ2v) is 8.25. The molecule has 0 aliphatic carbocycles. The molecule has 1 aromatic heterocycles. The SMILES string of the molecule is Cc1cc(/C(O)=C2/C(=O)C(=O)N(c3cccc(Cl)c3)C2c2ccco2)ccc1OC(C)C. The summed E-state index contributed by atoms with van der Waals surface area (Å²) < 4.78 is 11.3. The van der Waals surface area contributed by atoms with Crippen molar-refractivity contribution in [1.29, 1.82) is 0 Å². The number of Topliss-reactive ketones (excluding diaryl/α,β-unsaturated/α-hetero) is 1. The number of hydrogen-bond donors (Lipinski definition) is 1. The number of nitrogens with zero attached hydrogens (tertiary/aromatic N) is 1. The molecule has 0 saturated carbocycles. The fourth-order valence-electron chi connectivity index (χ4n) is 3.78. The standard InChI is InChI=1S/C25H22ClNO5/c1-14(2)32-19-10-9-16(12-15(19)3)23(28)21-22(20-8-5-11-31-20)27(25(30)24(21)29)18-7-4-6-17(26)13-18/h4-14,22,28H,1-3H3/b23-21-. The van der Waals surface area contributed by atoms with Gasteiger partial charge in [-0.2, -0.15) is 0 Å². The van der Waals surface area contributed by atoms with Crippen LogP contribution in [0.4, 0.5) is 5.69 Å². The van der Waals surface area contributed by atoms with Crippen LogP contribution < -0.4 is 9.64 Å². The molecule has 1 fully saturated rings. The Balaban J connectivity index is 1.86. The van der Waals surface area contributed by atoms with Gasteiger partial charge in [0.05, 0.1) is 17.9 Å². The summed E-state index contributed by atoms with van der Waals surface area (Å²) in [5.41, 5.74) is 1.57. The fraction of sp³-hybridized carbons (Fsp3) is 0.200. The topological polar surface area (TPSA) is 80.0 Å². The van der Waals surface area contributed by atoms with Gasteiger partial charge in [-0.1, -0.05) is 17.7 Å². The second kappa shape index (κ2) is 8.55. The lowest BCUT2D eigenvalue weighted by atomic mass is 9.98. The van der Waals surface area contributed by atoms with Crippen LogP contribution in [0.1, 0.15) is 36.8 Å². The second-order valence-electron chi connectivity index (χ2n) is 7.81. The van der Waals surface area contributed by atoms with Gasteiger partial charge in [-0.25, -0.2) is 0 Å². The van der Waals surface area contributed by atoms with Gasteiger partial charge in [0, 0.05) is 16.3 Å². The highest BCUT2D eigenvalue weighted by Crippen LogP contribution is 2.43. The number of aliphatic hydroxyl groups excluding tert-OH is 1. The minimum absolute atomic E-state index is 0.00452. The molecule has 164 valence electrons. The molecule has 0 radical (unpaired) electrons. The van der Waals surface area contributed by atoms with Gasteiger partial charge in [-0.05, 0) is 74.9 Å². The first-order valence-electron chi connectivity index (χ1n) is 10.2. The number of hydrogen-bond acceptors (Lipinski definition) is 5. The summed E-state index contributed by atoms with van der Waals surface area (Å²) in [5, 5.41) is 11.6. The van der Waals surface area contributed by atoms with E-state index in [4.69, 9.17) is 20.8 Å². The number of anilines is 1. The molecule has 2 aromatic carbocycles. The molecule has 1 N–H and O–H groups in total. The number of ketones is 1. The van der Waals surface area contributed by atoms with Gasteiger partial charge in [-0.15, -0.1) is 0 Å². The Hall–Kier alpha value is -3.51. The largest absolute Gasteiger partial charge is 0.507 e. The maximum atomic E-state index is 13.1. The van der Waals surface area contributed by atoms with E-state index in [0.29, 0.717) is 27.8 Å². The Morgan fingerprint density at radius 1 is 1.12 bits per heavy atom. The molecule has 7 heteroatoms. The highest BCUT2D eigenvalue weighted by atomic mass is 35.5. The van der Waals surface area contributed by atoms with E-state index >= 15 is 0 Å². The number of aliphatic hydroxyl groups is 1. The molecule has 4 rings (SSSR count). The first-order valence-corrected chi connectivity index (χ1v) is 10.5. The van der Waals surface area contributed by atoms with Gasteiger partial charge in [-0.3, -0.25) is 14.5 Å². The fourth-order valence-corrected chi connectivity index (χ4v) is 3.96. The average Bonchev–Trinajstić information content (AvgIpc) is 3.36. The minimum atomic E-state index is -0.935.